The van der Waals surface area contributed by atoms with Crippen LogP contribution in [0.25, 0.3) is 0 Å². The molecule has 18 heavy (non-hydrogen) atoms. The number of aryl methyl sites for hydroxylation is 1. The van der Waals surface area contributed by atoms with Gasteiger partial charge in [0.1, 0.15) is 4.90 Å². The summed E-state index contributed by atoms with van der Waals surface area (Å²) in [6, 6.07) is 0. The largest absolute Gasteiger partial charge is 0.381 e. The Balaban J connectivity index is 2.17. The first-order valence-corrected chi connectivity index (χ1v) is 7.59. The molecule has 0 spiro atoms. The highest BCUT2D eigenvalue weighted by molar-refractivity contribution is 7.89. The van der Waals surface area contributed by atoms with E-state index in [4.69, 9.17) is 5.73 Å². The number of nitrogens with two attached hydrogens (primary N) is 1. The first-order valence-electron chi connectivity index (χ1n) is 5.23. The van der Waals surface area contributed by atoms with Crippen molar-refractivity contribution in [1.29, 1.82) is 0 Å². The number of sulfonamides is 1. The first kappa shape index (κ1) is 13.0. The molecule has 0 radical (unpaired) electrons. The molecule has 0 atom stereocenters. The van der Waals surface area contributed by atoms with Gasteiger partial charge in [0.2, 0.25) is 10.0 Å². The second-order valence-electron chi connectivity index (χ2n) is 3.53. The molecular weight excluding hydrogens is 274 g/mol. The quantitative estimate of drug-likeness (QED) is 0.829. The van der Waals surface area contributed by atoms with Crippen LogP contribution in [0.2, 0.25) is 0 Å². The van der Waals surface area contributed by atoms with Gasteiger partial charge < -0.3 is 5.73 Å². The second-order valence-corrected chi connectivity index (χ2v) is 6.23. The molecule has 0 fully saturated rings. The number of anilines is 1. The Bertz CT molecular complexity index is 617. The Hall–Kier alpha value is -1.45. The number of nitrogens with one attached hydrogen (secondary N) is 1. The Morgan fingerprint density at radius 2 is 2.33 bits per heavy atom. The SMILES string of the molecule is CCn1cc(S(=O)(=O)NCc2cncs2)c(N)n1. The van der Waals surface area contributed by atoms with Gasteiger partial charge in [0.05, 0.1) is 5.51 Å². The summed E-state index contributed by atoms with van der Waals surface area (Å²) in [5, 5.41) is 3.91. The molecular formula is C9H13N5O2S2. The molecule has 2 aromatic rings. The number of rotatable bonds is 5. The molecule has 0 saturated carbocycles. The first-order chi connectivity index (χ1) is 8.53. The average Bonchev–Trinajstić information content (AvgIpc) is 2.95. The van der Waals surface area contributed by atoms with E-state index in [-0.39, 0.29) is 17.3 Å². The Morgan fingerprint density at radius 3 is 2.89 bits per heavy atom. The Kier molecular flexibility index (Phi) is 3.64. The lowest BCUT2D eigenvalue weighted by atomic mass is 10.6. The third-order valence-electron chi connectivity index (χ3n) is 2.29. The monoisotopic (exact) mass is 287 g/mol. The summed E-state index contributed by atoms with van der Waals surface area (Å²) in [6.07, 6.45) is 3.04. The van der Waals surface area contributed by atoms with E-state index in [1.165, 1.54) is 22.2 Å². The number of nitrogen functional groups attached to an aromatic ring is 1. The van der Waals surface area contributed by atoms with Crippen molar-refractivity contribution < 1.29 is 8.42 Å². The van der Waals surface area contributed by atoms with Crippen LogP contribution in [0, 0.1) is 0 Å². The third kappa shape index (κ3) is 2.68. The lowest BCUT2D eigenvalue weighted by molar-refractivity contribution is 0.581. The van der Waals surface area contributed by atoms with Crippen molar-refractivity contribution in [1.82, 2.24) is 19.5 Å². The van der Waals surface area contributed by atoms with Crippen LogP contribution in [0.1, 0.15) is 11.8 Å². The molecule has 0 aromatic carbocycles. The molecule has 7 nitrogen and oxygen atoms in total. The predicted molar refractivity (Wildman–Crippen MR) is 68.5 cm³/mol. The molecule has 3 N–H and O–H groups in total. The highest BCUT2D eigenvalue weighted by atomic mass is 32.2. The number of aromatic nitrogens is 3. The highest BCUT2D eigenvalue weighted by Gasteiger charge is 2.20. The van der Waals surface area contributed by atoms with Crippen molar-refractivity contribution in [2.75, 3.05) is 5.73 Å². The summed E-state index contributed by atoms with van der Waals surface area (Å²) in [4.78, 5) is 4.71. The van der Waals surface area contributed by atoms with Gasteiger partial charge in [-0.2, -0.15) is 5.10 Å². The minimum absolute atomic E-state index is 0.00801. The van der Waals surface area contributed by atoms with E-state index >= 15 is 0 Å². The van der Waals surface area contributed by atoms with Crippen LogP contribution in [-0.4, -0.2) is 23.2 Å². The van der Waals surface area contributed by atoms with Gasteiger partial charge in [-0.05, 0) is 6.92 Å². The van der Waals surface area contributed by atoms with Crippen molar-refractivity contribution in [2.24, 2.45) is 0 Å². The molecule has 0 aliphatic carbocycles. The van der Waals surface area contributed by atoms with Crippen LogP contribution in [0.5, 0.6) is 0 Å². The van der Waals surface area contributed by atoms with E-state index in [2.05, 4.69) is 14.8 Å². The van der Waals surface area contributed by atoms with Gasteiger partial charge in [-0.25, -0.2) is 13.1 Å². The maximum Gasteiger partial charge on any atom is 0.246 e. The third-order valence-corrected chi connectivity index (χ3v) is 4.49. The van der Waals surface area contributed by atoms with Gasteiger partial charge >= 0.3 is 0 Å². The normalized spacial score (nSPS) is 11.8. The van der Waals surface area contributed by atoms with Crippen molar-refractivity contribution >= 4 is 27.2 Å². The van der Waals surface area contributed by atoms with Gasteiger partial charge in [-0.3, -0.25) is 9.67 Å². The number of hydrogen-bond donors (Lipinski definition) is 2. The van der Waals surface area contributed by atoms with Crippen LogP contribution >= 0.6 is 11.3 Å². The predicted octanol–water partition coefficient (Wildman–Crippen LogP) is 0.420. The smallest absolute Gasteiger partial charge is 0.246 e. The highest BCUT2D eigenvalue weighted by Crippen LogP contribution is 2.16. The van der Waals surface area contributed by atoms with E-state index in [1.54, 1.807) is 11.7 Å². The van der Waals surface area contributed by atoms with Crippen LogP contribution in [0.4, 0.5) is 5.82 Å². The fourth-order valence-corrected chi connectivity index (χ4v) is 3.06. The summed E-state index contributed by atoms with van der Waals surface area (Å²) in [7, 11) is -3.64. The lowest BCUT2D eigenvalue weighted by Gasteiger charge is -2.03. The zero-order valence-corrected chi connectivity index (χ0v) is 11.3. The van der Waals surface area contributed by atoms with Crippen LogP contribution in [0.3, 0.4) is 0 Å². The van der Waals surface area contributed by atoms with Crippen molar-refractivity contribution in [3.05, 3.63) is 22.8 Å². The summed E-state index contributed by atoms with van der Waals surface area (Å²) >= 11 is 1.38. The average molecular weight is 287 g/mol. The summed E-state index contributed by atoms with van der Waals surface area (Å²) < 4.78 is 28.0. The van der Waals surface area contributed by atoms with Gasteiger partial charge in [0.25, 0.3) is 0 Å². The zero-order chi connectivity index (χ0) is 13.2. The minimum Gasteiger partial charge on any atom is -0.381 e. The number of hydrogen-bond acceptors (Lipinski definition) is 6. The molecule has 0 amide bonds. The van der Waals surface area contributed by atoms with E-state index in [0.29, 0.717) is 6.54 Å². The Labute approximate surface area is 109 Å². The van der Waals surface area contributed by atoms with Gasteiger partial charge in [-0.1, -0.05) is 0 Å². The fourth-order valence-electron chi connectivity index (χ4n) is 1.36. The van der Waals surface area contributed by atoms with E-state index < -0.39 is 10.0 Å². The standard InChI is InChI=1S/C9H13N5O2S2/c1-2-14-5-8(9(10)13-14)18(15,16)12-4-7-3-11-6-17-7/h3,5-6,12H,2,4H2,1H3,(H2,10,13). The summed E-state index contributed by atoms with van der Waals surface area (Å²) in [6.45, 7) is 2.62. The van der Waals surface area contributed by atoms with Crippen LogP contribution in [-0.2, 0) is 23.1 Å². The van der Waals surface area contributed by atoms with Gasteiger partial charge in [0.15, 0.2) is 5.82 Å². The Morgan fingerprint density at radius 1 is 1.56 bits per heavy atom. The van der Waals surface area contributed by atoms with E-state index in [1.807, 2.05) is 6.92 Å². The van der Waals surface area contributed by atoms with Crippen molar-refractivity contribution in [3.8, 4) is 0 Å². The van der Waals surface area contributed by atoms with Gasteiger partial charge in [0, 0.05) is 30.4 Å². The zero-order valence-electron chi connectivity index (χ0n) is 9.70. The summed E-state index contributed by atoms with van der Waals surface area (Å²) in [5.41, 5.74) is 7.24. The maximum absolute atomic E-state index is 12.0. The van der Waals surface area contributed by atoms with E-state index in [9.17, 15) is 8.42 Å². The molecule has 98 valence electrons. The molecule has 9 heteroatoms. The topological polar surface area (TPSA) is 103 Å². The molecule has 2 rings (SSSR count). The summed E-state index contributed by atoms with van der Waals surface area (Å²) in [5.74, 6) is 0.00801. The lowest BCUT2D eigenvalue weighted by Crippen LogP contribution is -2.23. The van der Waals surface area contributed by atoms with E-state index in [0.717, 1.165) is 4.88 Å². The van der Waals surface area contributed by atoms with Crippen LogP contribution in [0.15, 0.2) is 22.8 Å². The number of thiazole rings is 1. The molecule has 2 heterocycles. The fraction of sp³-hybridized carbons (Fsp3) is 0.333. The van der Waals surface area contributed by atoms with Crippen LogP contribution < -0.4 is 10.5 Å². The van der Waals surface area contributed by atoms with Gasteiger partial charge in [-0.15, -0.1) is 11.3 Å². The molecule has 0 aliphatic heterocycles. The molecule has 2 aromatic heterocycles. The maximum atomic E-state index is 12.0. The molecule has 0 saturated heterocycles. The number of nitrogens with zero attached hydrogens (tertiary/aromatic N) is 3. The minimum atomic E-state index is -3.64. The van der Waals surface area contributed by atoms with Crippen molar-refractivity contribution in [3.63, 3.8) is 0 Å². The second kappa shape index (κ2) is 5.04. The molecule has 0 aliphatic rings. The molecule has 0 bridgehead atoms. The van der Waals surface area contributed by atoms with Crippen molar-refractivity contribution in [2.45, 2.75) is 24.9 Å². The molecule has 0 unspecified atom stereocenters.